The van der Waals surface area contributed by atoms with Gasteiger partial charge in [0.05, 0.1) is 26.7 Å². The van der Waals surface area contributed by atoms with Crippen molar-refractivity contribution in [3.63, 3.8) is 0 Å². The molecule has 1 aromatic heterocycles. The average molecular weight is 452 g/mol. The van der Waals surface area contributed by atoms with E-state index >= 15 is 0 Å². The Morgan fingerprint density at radius 1 is 0.938 bits per heavy atom. The Bertz CT molecular complexity index is 1170. The zero-order chi connectivity index (χ0) is 22.3. The minimum Gasteiger partial charge on any atom is -0.493 e. The summed E-state index contributed by atoms with van der Waals surface area (Å²) < 4.78 is 16.4. The number of benzene rings is 3. The van der Waals surface area contributed by atoms with Crippen LogP contribution in [0, 0.1) is 0 Å². The lowest BCUT2D eigenvalue weighted by Crippen LogP contribution is -2.08. The molecule has 0 bridgehead atoms. The minimum atomic E-state index is -0.268. The zero-order valence-electron chi connectivity index (χ0n) is 17.5. The van der Waals surface area contributed by atoms with E-state index in [1.807, 2.05) is 54.6 Å². The van der Waals surface area contributed by atoms with Crippen LogP contribution in [0.3, 0.4) is 0 Å². The average Bonchev–Trinajstić information content (AvgIpc) is 3.25. The molecular formula is C24H22ClN3O4. The Morgan fingerprint density at radius 2 is 1.62 bits per heavy atom. The highest BCUT2D eigenvalue weighted by Gasteiger charge is 2.11. The number of rotatable bonds is 9. The van der Waals surface area contributed by atoms with Gasteiger partial charge in [0.1, 0.15) is 28.2 Å². The predicted octanol–water partition coefficient (Wildman–Crippen LogP) is 4.64. The standard InChI is InChI=1S/C24H22ClN3O4/c1-30-24(29)15-17-7-10-19(11-8-17)31-13-4-14-32-23-12-9-18(25)16-22(23)28-26-20-5-2-3-6-21(20)27-28/h2-3,5-12,16H,4,13-15H2,1H3. The fourth-order valence-electron chi connectivity index (χ4n) is 3.11. The van der Waals surface area contributed by atoms with Crippen molar-refractivity contribution >= 4 is 28.6 Å². The van der Waals surface area contributed by atoms with Crippen molar-refractivity contribution in [3.8, 4) is 17.2 Å². The van der Waals surface area contributed by atoms with Crippen LogP contribution >= 0.6 is 11.6 Å². The summed E-state index contributed by atoms with van der Waals surface area (Å²) in [6.45, 7) is 0.943. The minimum absolute atomic E-state index is 0.245. The summed E-state index contributed by atoms with van der Waals surface area (Å²) in [5, 5.41) is 9.60. The third kappa shape index (κ3) is 5.36. The quantitative estimate of drug-likeness (QED) is 0.272. The second-order valence-electron chi connectivity index (χ2n) is 7.04. The number of fused-ring (bicyclic) bond motifs is 1. The molecule has 7 nitrogen and oxygen atoms in total. The van der Waals surface area contributed by atoms with E-state index in [1.54, 1.807) is 12.1 Å². The number of hydrogen-bond donors (Lipinski definition) is 0. The summed E-state index contributed by atoms with van der Waals surface area (Å²) in [6, 6.07) is 20.4. The van der Waals surface area contributed by atoms with Crippen LogP contribution in [-0.4, -0.2) is 41.3 Å². The van der Waals surface area contributed by atoms with E-state index in [0.717, 1.165) is 22.3 Å². The molecule has 4 aromatic rings. The van der Waals surface area contributed by atoms with Gasteiger partial charge in [-0.25, -0.2) is 0 Å². The molecule has 0 saturated heterocycles. The molecule has 0 spiro atoms. The van der Waals surface area contributed by atoms with Gasteiger partial charge in [-0.05, 0) is 48.0 Å². The van der Waals surface area contributed by atoms with Gasteiger partial charge in [-0.3, -0.25) is 4.79 Å². The second-order valence-corrected chi connectivity index (χ2v) is 7.47. The smallest absolute Gasteiger partial charge is 0.309 e. The first kappa shape index (κ1) is 21.6. The van der Waals surface area contributed by atoms with E-state index in [4.69, 9.17) is 21.1 Å². The summed E-state index contributed by atoms with van der Waals surface area (Å²) in [7, 11) is 1.38. The maximum atomic E-state index is 11.3. The number of methoxy groups -OCH3 is 1. The number of ether oxygens (including phenoxy) is 3. The van der Waals surface area contributed by atoms with Crippen LogP contribution in [0.5, 0.6) is 11.5 Å². The first-order valence-electron chi connectivity index (χ1n) is 10.2. The monoisotopic (exact) mass is 451 g/mol. The molecule has 1 heterocycles. The highest BCUT2D eigenvalue weighted by atomic mass is 35.5. The number of nitrogens with zero attached hydrogens (tertiary/aromatic N) is 3. The molecule has 0 saturated carbocycles. The molecule has 0 radical (unpaired) electrons. The van der Waals surface area contributed by atoms with Gasteiger partial charge in [-0.1, -0.05) is 35.9 Å². The van der Waals surface area contributed by atoms with Crippen molar-refractivity contribution in [2.24, 2.45) is 0 Å². The van der Waals surface area contributed by atoms with Crippen molar-refractivity contribution < 1.29 is 19.0 Å². The van der Waals surface area contributed by atoms with Gasteiger partial charge in [0.15, 0.2) is 0 Å². The summed E-state index contributed by atoms with van der Waals surface area (Å²) >= 11 is 6.19. The molecule has 3 aromatic carbocycles. The van der Waals surface area contributed by atoms with Crippen LogP contribution in [0.4, 0.5) is 0 Å². The van der Waals surface area contributed by atoms with E-state index in [1.165, 1.54) is 11.9 Å². The van der Waals surface area contributed by atoms with Gasteiger partial charge in [0, 0.05) is 11.4 Å². The van der Waals surface area contributed by atoms with Gasteiger partial charge in [0.2, 0.25) is 0 Å². The third-order valence-corrected chi connectivity index (χ3v) is 4.97. The summed E-state index contributed by atoms with van der Waals surface area (Å²) in [5.74, 6) is 1.11. The Kier molecular flexibility index (Phi) is 6.87. The van der Waals surface area contributed by atoms with Crippen LogP contribution in [0.25, 0.3) is 16.7 Å². The molecule has 0 aliphatic heterocycles. The normalized spacial score (nSPS) is 10.8. The number of halogens is 1. The fraction of sp³-hybridized carbons (Fsp3) is 0.208. The maximum absolute atomic E-state index is 11.3. The number of carbonyl (C=O) groups excluding carboxylic acids is 1. The van der Waals surface area contributed by atoms with Crippen LogP contribution in [0.1, 0.15) is 12.0 Å². The Labute approximate surface area is 190 Å². The van der Waals surface area contributed by atoms with Crippen molar-refractivity contribution in [2.75, 3.05) is 20.3 Å². The molecule has 32 heavy (non-hydrogen) atoms. The number of esters is 1. The predicted molar refractivity (Wildman–Crippen MR) is 122 cm³/mol. The molecule has 0 atom stereocenters. The number of hydrogen-bond acceptors (Lipinski definition) is 6. The highest BCUT2D eigenvalue weighted by molar-refractivity contribution is 6.30. The van der Waals surface area contributed by atoms with Gasteiger partial charge < -0.3 is 14.2 Å². The summed E-state index contributed by atoms with van der Waals surface area (Å²) in [4.78, 5) is 12.9. The van der Waals surface area contributed by atoms with Crippen molar-refractivity contribution in [2.45, 2.75) is 12.8 Å². The molecule has 0 aliphatic carbocycles. The lowest BCUT2D eigenvalue weighted by molar-refractivity contribution is -0.139. The van der Waals surface area contributed by atoms with E-state index < -0.39 is 0 Å². The molecule has 0 unspecified atom stereocenters. The van der Waals surface area contributed by atoms with E-state index in [0.29, 0.717) is 36.1 Å². The van der Waals surface area contributed by atoms with Crippen LogP contribution in [0.15, 0.2) is 66.7 Å². The lowest BCUT2D eigenvalue weighted by atomic mass is 10.1. The van der Waals surface area contributed by atoms with Gasteiger partial charge in [-0.15, -0.1) is 15.0 Å². The molecule has 4 rings (SSSR count). The third-order valence-electron chi connectivity index (χ3n) is 4.74. The molecule has 0 fully saturated rings. The van der Waals surface area contributed by atoms with Gasteiger partial charge in [0.25, 0.3) is 0 Å². The Hall–Kier alpha value is -3.58. The summed E-state index contributed by atoms with van der Waals surface area (Å²) in [5.41, 5.74) is 3.15. The van der Waals surface area contributed by atoms with Gasteiger partial charge in [-0.2, -0.15) is 0 Å². The number of aromatic nitrogens is 3. The Balaban J connectivity index is 1.32. The van der Waals surface area contributed by atoms with Crippen LogP contribution in [0.2, 0.25) is 5.02 Å². The van der Waals surface area contributed by atoms with Crippen molar-refractivity contribution in [1.29, 1.82) is 0 Å². The van der Waals surface area contributed by atoms with Gasteiger partial charge >= 0.3 is 5.97 Å². The summed E-state index contributed by atoms with van der Waals surface area (Å²) in [6.07, 6.45) is 0.926. The molecular weight excluding hydrogens is 430 g/mol. The lowest BCUT2D eigenvalue weighted by Gasteiger charge is -2.12. The van der Waals surface area contributed by atoms with E-state index in [2.05, 4.69) is 14.9 Å². The largest absolute Gasteiger partial charge is 0.493 e. The van der Waals surface area contributed by atoms with Crippen LogP contribution < -0.4 is 9.47 Å². The fourth-order valence-corrected chi connectivity index (χ4v) is 3.28. The molecule has 0 aliphatic rings. The molecule has 164 valence electrons. The zero-order valence-corrected chi connectivity index (χ0v) is 18.3. The van der Waals surface area contributed by atoms with E-state index in [-0.39, 0.29) is 12.4 Å². The van der Waals surface area contributed by atoms with Crippen LogP contribution in [-0.2, 0) is 16.0 Å². The first-order chi connectivity index (χ1) is 15.6. The second kappa shape index (κ2) is 10.2. The topological polar surface area (TPSA) is 75.5 Å². The maximum Gasteiger partial charge on any atom is 0.309 e. The number of carbonyl (C=O) groups is 1. The molecule has 0 N–H and O–H groups in total. The highest BCUT2D eigenvalue weighted by Crippen LogP contribution is 2.27. The Morgan fingerprint density at radius 3 is 2.31 bits per heavy atom. The molecule has 0 amide bonds. The molecule has 8 heteroatoms. The first-order valence-corrected chi connectivity index (χ1v) is 10.5. The van der Waals surface area contributed by atoms with Crippen molar-refractivity contribution in [1.82, 2.24) is 15.0 Å². The SMILES string of the molecule is COC(=O)Cc1ccc(OCCCOc2ccc(Cl)cc2-n2nc3ccccc3n2)cc1. The van der Waals surface area contributed by atoms with E-state index in [9.17, 15) is 4.79 Å². The van der Waals surface area contributed by atoms with Crippen molar-refractivity contribution in [3.05, 3.63) is 77.3 Å².